The van der Waals surface area contributed by atoms with E-state index in [1.54, 1.807) is 25.3 Å². The molecule has 0 radical (unpaired) electrons. The molecule has 0 fully saturated rings. The highest BCUT2D eigenvalue weighted by Gasteiger charge is 2.37. The van der Waals surface area contributed by atoms with Crippen LogP contribution in [-0.4, -0.2) is 22.5 Å². The topological polar surface area (TPSA) is 39.5 Å². The maximum absolute atomic E-state index is 13.5. The van der Waals surface area contributed by atoms with E-state index in [2.05, 4.69) is 4.99 Å². The number of benzene rings is 1. The average Bonchev–Trinajstić information content (AvgIpc) is 2.77. The largest absolute Gasteiger partial charge is 0.322 e. The van der Waals surface area contributed by atoms with Crippen LogP contribution in [0.4, 0.5) is 4.39 Å². The van der Waals surface area contributed by atoms with Crippen molar-refractivity contribution in [1.82, 2.24) is 4.90 Å². The van der Waals surface area contributed by atoms with Crippen LogP contribution in [0.5, 0.6) is 0 Å². The van der Waals surface area contributed by atoms with E-state index in [4.69, 9.17) is 17.0 Å². The second-order valence-corrected chi connectivity index (χ2v) is 5.31. The molecule has 2 heterocycles. The number of nitrogens with one attached hydrogen (secondary N) is 1. The Kier molecular flexibility index (Phi) is 3.18. The smallest absolute Gasteiger partial charge is 0.129 e. The number of amidine groups is 1. The molecule has 2 aliphatic heterocycles. The maximum Gasteiger partial charge on any atom is 0.129 e. The molecule has 2 atom stereocenters. The SMILES string of the molecule is CC(=N)C1N=C2C=CC(Cl)=CN2C1c1cccc(F)c1. The maximum atomic E-state index is 13.5. The predicted octanol–water partition coefficient (Wildman–Crippen LogP) is 3.64. The van der Waals surface area contributed by atoms with Gasteiger partial charge in [-0.25, -0.2) is 4.39 Å². The molecule has 20 heavy (non-hydrogen) atoms. The summed E-state index contributed by atoms with van der Waals surface area (Å²) in [6, 6.07) is 5.86. The minimum Gasteiger partial charge on any atom is -0.322 e. The molecule has 0 aromatic heterocycles. The van der Waals surface area contributed by atoms with Crippen LogP contribution < -0.4 is 0 Å². The third-order valence-corrected chi connectivity index (χ3v) is 3.65. The lowest BCUT2D eigenvalue weighted by atomic mass is 9.96. The van der Waals surface area contributed by atoms with E-state index in [0.29, 0.717) is 10.7 Å². The van der Waals surface area contributed by atoms with Crippen LogP contribution >= 0.6 is 11.6 Å². The summed E-state index contributed by atoms with van der Waals surface area (Å²) in [7, 11) is 0. The van der Waals surface area contributed by atoms with E-state index < -0.39 is 0 Å². The van der Waals surface area contributed by atoms with E-state index >= 15 is 0 Å². The van der Waals surface area contributed by atoms with Crippen molar-refractivity contribution in [2.24, 2.45) is 4.99 Å². The van der Waals surface area contributed by atoms with E-state index in [1.807, 2.05) is 17.0 Å². The Balaban J connectivity index is 2.07. The van der Waals surface area contributed by atoms with E-state index in [0.717, 1.165) is 11.4 Å². The third kappa shape index (κ3) is 2.16. The Morgan fingerprint density at radius 1 is 1.40 bits per heavy atom. The van der Waals surface area contributed by atoms with Crippen LogP contribution in [0.15, 0.2) is 52.6 Å². The summed E-state index contributed by atoms with van der Waals surface area (Å²) in [5.41, 5.74) is 1.23. The van der Waals surface area contributed by atoms with Gasteiger partial charge in [0.15, 0.2) is 0 Å². The van der Waals surface area contributed by atoms with E-state index in [-0.39, 0.29) is 17.9 Å². The molecule has 1 aromatic rings. The van der Waals surface area contributed by atoms with Crippen molar-refractivity contribution < 1.29 is 4.39 Å². The zero-order valence-corrected chi connectivity index (χ0v) is 11.6. The first-order chi connectivity index (χ1) is 9.56. The van der Waals surface area contributed by atoms with Gasteiger partial charge in [0.05, 0.1) is 11.1 Å². The Hall–Kier alpha value is -1.94. The second kappa shape index (κ2) is 4.87. The number of fused-ring (bicyclic) bond motifs is 1. The number of hydrogen-bond donors (Lipinski definition) is 1. The van der Waals surface area contributed by atoms with Crippen molar-refractivity contribution >= 4 is 23.1 Å². The highest BCUT2D eigenvalue weighted by Crippen LogP contribution is 2.36. The van der Waals surface area contributed by atoms with Crippen LogP contribution in [0.3, 0.4) is 0 Å². The fourth-order valence-corrected chi connectivity index (χ4v) is 2.72. The minimum absolute atomic E-state index is 0.225. The van der Waals surface area contributed by atoms with Crippen molar-refractivity contribution in [3.63, 3.8) is 0 Å². The van der Waals surface area contributed by atoms with Gasteiger partial charge in [-0.2, -0.15) is 0 Å². The molecular weight excluding hydrogens is 277 g/mol. The summed E-state index contributed by atoms with van der Waals surface area (Å²) in [6.45, 7) is 1.72. The molecule has 3 nitrogen and oxygen atoms in total. The van der Waals surface area contributed by atoms with Gasteiger partial charge in [-0.3, -0.25) is 4.99 Å². The van der Waals surface area contributed by atoms with Gasteiger partial charge in [0.25, 0.3) is 0 Å². The Bertz CT molecular complexity index is 663. The van der Waals surface area contributed by atoms with Gasteiger partial charge >= 0.3 is 0 Å². The summed E-state index contributed by atoms with van der Waals surface area (Å²) in [4.78, 5) is 6.44. The summed E-state index contributed by atoms with van der Waals surface area (Å²) in [5, 5.41) is 8.51. The van der Waals surface area contributed by atoms with Crippen LogP contribution in [0.1, 0.15) is 18.5 Å². The van der Waals surface area contributed by atoms with Crippen LogP contribution in [-0.2, 0) is 0 Å². The lowest BCUT2D eigenvalue weighted by molar-refractivity contribution is 0.427. The van der Waals surface area contributed by atoms with Crippen LogP contribution in [0, 0.1) is 11.2 Å². The molecule has 5 heteroatoms. The van der Waals surface area contributed by atoms with Gasteiger partial charge in [-0.05, 0) is 36.8 Å². The van der Waals surface area contributed by atoms with Crippen molar-refractivity contribution in [3.05, 3.63) is 59.0 Å². The standard InChI is InChI=1S/C15H13ClFN3/c1-9(18)14-15(10-3-2-4-12(17)7-10)20-8-11(16)5-6-13(20)19-14/h2-8,14-15,18H,1H3. The molecule has 1 aromatic carbocycles. The van der Waals surface area contributed by atoms with Crippen molar-refractivity contribution in [2.75, 3.05) is 0 Å². The van der Waals surface area contributed by atoms with Gasteiger partial charge in [-0.1, -0.05) is 23.7 Å². The fraction of sp³-hybridized carbons (Fsp3) is 0.200. The third-order valence-electron chi connectivity index (χ3n) is 3.42. The number of nitrogens with zero attached hydrogens (tertiary/aromatic N) is 2. The molecule has 0 saturated heterocycles. The summed E-state index contributed by atoms with van der Waals surface area (Å²) < 4.78 is 13.5. The van der Waals surface area contributed by atoms with Crippen molar-refractivity contribution in [3.8, 4) is 0 Å². The van der Waals surface area contributed by atoms with Crippen molar-refractivity contribution in [1.29, 1.82) is 5.41 Å². The number of allylic oxidation sites excluding steroid dienone is 2. The van der Waals surface area contributed by atoms with Gasteiger partial charge < -0.3 is 10.3 Å². The van der Waals surface area contributed by atoms with Gasteiger partial charge in [-0.15, -0.1) is 0 Å². The molecular formula is C15H13ClFN3. The van der Waals surface area contributed by atoms with Crippen molar-refractivity contribution in [2.45, 2.75) is 19.0 Å². The zero-order valence-electron chi connectivity index (χ0n) is 10.8. The summed E-state index contributed by atoms with van der Waals surface area (Å²) in [6.07, 6.45) is 5.36. The molecule has 0 spiro atoms. The van der Waals surface area contributed by atoms with Gasteiger partial charge in [0, 0.05) is 11.9 Å². The first kappa shape index (κ1) is 13.1. The van der Waals surface area contributed by atoms with Crippen LogP contribution in [0.25, 0.3) is 0 Å². The molecule has 0 saturated carbocycles. The van der Waals surface area contributed by atoms with E-state index in [9.17, 15) is 4.39 Å². The molecule has 0 amide bonds. The van der Waals surface area contributed by atoms with Gasteiger partial charge in [0.1, 0.15) is 17.7 Å². The average molecular weight is 290 g/mol. The fourth-order valence-electron chi connectivity index (χ4n) is 2.55. The Morgan fingerprint density at radius 2 is 2.20 bits per heavy atom. The van der Waals surface area contributed by atoms with Crippen LogP contribution in [0.2, 0.25) is 0 Å². The first-order valence-electron chi connectivity index (χ1n) is 6.28. The lowest BCUT2D eigenvalue weighted by Gasteiger charge is -2.28. The van der Waals surface area contributed by atoms with E-state index in [1.165, 1.54) is 12.1 Å². The number of hydrogen-bond acceptors (Lipinski definition) is 3. The van der Waals surface area contributed by atoms with Gasteiger partial charge in [0.2, 0.25) is 0 Å². The Morgan fingerprint density at radius 3 is 2.90 bits per heavy atom. The molecule has 102 valence electrons. The Labute approximate surface area is 121 Å². The molecule has 2 aliphatic rings. The predicted molar refractivity (Wildman–Crippen MR) is 78.7 cm³/mol. The molecule has 0 aliphatic carbocycles. The number of rotatable bonds is 2. The second-order valence-electron chi connectivity index (χ2n) is 4.87. The minimum atomic E-state index is -0.324. The lowest BCUT2D eigenvalue weighted by Crippen LogP contribution is -2.31. The highest BCUT2D eigenvalue weighted by atomic mass is 35.5. The first-order valence-corrected chi connectivity index (χ1v) is 6.66. The quantitative estimate of drug-likeness (QED) is 0.830. The number of aliphatic imine (C=N–C) groups is 1. The monoisotopic (exact) mass is 289 g/mol. The summed E-state index contributed by atoms with van der Waals surface area (Å²) >= 11 is 6.04. The molecule has 0 bridgehead atoms. The summed E-state index contributed by atoms with van der Waals surface area (Å²) in [5.74, 6) is 0.459. The normalized spacial score (nSPS) is 24.2. The highest BCUT2D eigenvalue weighted by molar-refractivity contribution is 6.32. The molecule has 1 N–H and O–H groups in total. The molecule has 2 unspecified atom stereocenters. The zero-order chi connectivity index (χ0) is 14.3. The molecule has 3 rings (SSSR count). The number of halogens is 2.